The van der Waals surface area contributed by atoms with Gasteiger partial charge >= 0.3 is 0 Å². The molecule has 0 spiro atoms. The van der Waals surface area contributed by atoms with Gasteiger partial charge in [-0.1, -0.05) is 6.07 Å². The normalized spacial score (nSPS) is 36.8. The van der Waals surface area contributed by atoms with Crippen molar-refractivity contribution in [1.82, 2.24) is 10.2 Å². The lowest BCUT2D eigenvalue weighted by Gasteiger charge is -2.56. The zero-order chi connectivity index (χ0) is 20.1. The number of carbonyl (C=O) groups is 1. The zero-order valence-electron chi connectivity index (χ0n) is 17.9. The van der Waals surface area contributed by atoms with Crippen molar-refractivity contribution >= 4 is 5.91 Å². The van der Waals surface area contributed by atoms with Crippen LogP contribution in [0.5, 0.6) is 11.5 Å². The molecule has 1 aromatic rings. The molecule has 1 aromatic carbocycles. The molecule has 0 aromatic heterocycles. The van der Waals surface area contributed by atoms with Crippen molar-refractivity contribution in [2.75, 3.05) is 32.8 Å². The highest BCUT2D eigenvalue weighted by atomic mass is 16.6. The summed E-state index contributed by atoms with van der Waals surface area (Å²) in [7, 11) is 0. The van der Waals surface area contributed by atoms with Gasteiger partial charge in [-0.3, -0.25) is 9.69 Å². The topological polar surface area (TPSA) is 50.8 Å². The van der Waals surface area contributed by atoms with E-state index in [9.17, 15) is 4.79 Å². The van der Waals surface area contributed by atoms with Crippen LogP contribution in [0, 0.1) is 23.2 Å². The number of fused-ring (bicyclic) bond motifs is 1. The Balaban J connectivity index is 1.08. The Morgan fingerprint density at radius 3 is 2.47 bits per heavy atom. The molecule has 5 heteroatoms. The van der Waals surface area contributed by atoms with Gasteiger partial charge in [0.25, 0.3) is 0 Å². The van der Waals surface area contributed by atoms with Gasteiger partial charge in [-0.15, -0.1) is 0 Å². The summed E-state index contributed by atoms with van der Waals surface area (Å²) in [5.74, 6) is 4.69. The molecule has 4 saturated carbocycles. The number of benzene rings is 1. The smallest absolute Gasteiger partial charge is 0.234 e. The van der Waals surface area contributed by atoms with E-state index in [0.29, 0.717) is 31.2 Å². The van der Waals surface area contributed by atoms with Gasteiger partial charge in [-0.25, -0.2) is 0 Å². The zero-order valence-corrected chi connectivity index (χ0v) is 17.9. The van der Waals surface area contributed by atoms with Crippen LogP contribution >= 0.6 is 0 Å². The molecule has 4 aliphatic carbocycles. The molecule has 162 valence electrons. The predicted molar refractivity (Wildman–Crippen MR) is 115 cm³/mol. The average Bonchev–Trinajstić information content (AvgIpc) is 3.19. The summed E-state index contributed by atoms with van der Waals surface area (Å²) in [6.45, 7) is 3.62. The molecule has 1 amide bonds. The Morgan fingerprint density at radius 1 is 1.03 bits per heavy atom. The molecule has 1 saturated heterocycles. The van der Waals surface area contributed by atoms with Crippen molar-refractivity contribution in [2.45, 2.75) is 57.4 Å². The Morgan fingerprint density at radius 2 is 1.73 bits per heavy atom. The van der Waals surface area contributed by atoms with Crippen LogP contribution in [0.25, 0.3) is 0 Å². The monoisotopic (exact) mass is 410 g/mol. The van der Waals surface area contributed by atoms with E-state index in [1.165, 1.54) is 44.1 Å². The van der Waals surface area contributed by atoms with Gasteiger partial charge in [-0.05, 0) is 98.8 Å². The molecular weight excluding hydrogens is 376 g/mol. The molecule has 5 fully saturated rings. The van der Waals surface area contributed by atoms with Gasteiger partial charge in [0.15, 0.2) is 11.5 Å². The number of hydrogen-bond donors (Lipinski definition) is 1. The molecule has 2 aliphatic heterocycles. The number of carbonyl (C=O) groups excluding carboxylic acids is 1. The minimum Gasteiger partial charge on any atom is -0.486 e. The summed E-state index contributed by atoms with van der Waals surface area (Å²) >= 11 is 0. The Bertz CT molecular complexity index is 787. The third-order valence-electron chi connectivity index (χ3n) is 8.49. The van der Waals surface area contributed by atoms with E-state index in [-0.39, 0.29) is 5.91 Å². The molecule has 4 bridgehead atoms. The summed E-state index contributed by atoms with van der Waals surface area (Å²) in [4.78, 5) is 15.3. The average molecular weight is 411 g/mol. The van der Waals surface area contributed by atoms with Crippen molar-refractivity contribution in [1.29, 1.82) is 0 Å². The van der Waals surface area contributed by atoms with E-state index >= 15 is 0 Å². The quantitative estimate of drug-likeness (QED) is 0.799. The highest BCUT2D eigenvalue weighted by molar-refractivity contribution is 5.78. The maximum Gasteiger partial charge on any atom is 0.234 e. The summed E-state index contributed by atoms with van der Waals surface area (Å²) < 4.78 is 11.4. The summed E-state index contributed by atoms with van der Waals surface area (Å²) in [6.07, 6.45) is 10.7. The predicted octanol–water partition coefficient (Wildman–Crippen LogP) is 3.93. The van der Waals surface area contributed by atoms with Gasteiger partial charge in [0.05, 0.1) is 6.54 Å². The van der Waals surface area contributed by atoms with Crippen LogP contribution in [0.4, 0.5) is 0 Å². The molecule has 30 heavy (non-hydrogen) atoms. The van der Waals surface area contributed by atoms with Crippen LogP contribution in [-0.2, 0) is 4.79 Å². The SMILES string of the molecule is O=C(CN1CCC[C@@H]1c1ccc2c(c1)OCCO2)NCC12CC3CC(CC(C3)C1)C2. The molecule has 0 unspecified atom stereocenters. The molecule has 1 atom stereocenters. The maximum absolute atomic E-state index is 12.9. The van der Waals surface area contributed by atoms with Crippen LogP contribution in [-0.4, -0.2) is 43.7 Å². The van der Waals surface area contributed by atoms with E-state index in [1.807, 2.05) is 6.07 Å². The molecular formula is C25H34N2O3. The van der Waals surface area contributed by atoms with E-state index < -0.39 is 0 Å². The van der Waals surface area contributed by atoms with Crippen molar-refractivity contribution in [2.24, 2.45) is 23.2 Å². The van der Waals surface area contributed by atoms with Crippen LogP contribution in [0.1, 0.15) is 63.0 Å². The number of nitrogens with zero attached hydrogens (tertiary/aromatic N) is 1. The van der Waals surface area contributed by atoms with Crippen molar-refractivity contribution < 1.29 is 14.3 Å². The summed E-state index contributed by atoms with van der Waals surface area (Å²) in [5.41, 5.74) is 1.65. The maximum atomic E-state index is 12.9. The van der Waals surface area contributed by atoms with Crippen molar-refractivity contribution in [3.05, 3.63) is 23.8 Å². The fourth-order valence-electron chi connectivity index (χ4n) is 7.69. The Labute approximate surface area is 179 Å². The fraction of sp³-hybridized carbons (Fsp3) is 0.720. The van der Waals surface area contributed by atoms with E-state index in [0.717, 1.165) is 55.2 Å². The van der Waals surface area contributed by atoms with Crippen molar-refractivity contribution in [3.8, 4) is 11.5 Å². The second kappa shape index (κ2) is 7.44. The van der Waals surface area contributed by atoms with E-state index in [4.69, 9.17) is 9.47 Å². The van der Waals surface area contributed by atoms with Gasteiger partial charge in [0, 0.05) is 12.6 Å². The van der Waals surface area contributed by atoms with Crippen LogP contribution in [0.15, 0.2) is 18.2 Å². The van der Waals surface area contributed by atoms with E-state index in [2.05, 4.69) is 22.3 Å². The van der Waals surface area contributed by atoms with Gasteiger partial charge < -0.3 is 14.8 Å². The minimum atomic E-state index is 0.204. The Hall–Kier alpha value is -1.75. The molecule has 0 radical (unpaired) electrons. The summed E-state index contributed by atoms with van der Waals surface area (Å²) in [5, 5.41) is 3.36. The number of likely N-dealkylation sites (tertiary alicyclic amines) is 1. The number of amides is 1. The molecule has 1 N–H and O–H groups in total. The number of nitrogens with one attached hydrogen (secondary N) is 1. The largest absolute Gasteiger partial charge is 0.486 e. The second-order valence-electron chi connectivity index (χ2n) is 10.7. The number of hydrogen-bond acceptors (Lipinski definition) is 4. The highest BCUT2D eigenvalue weighted by Gasteiger charge is 2.50. The fourth-order valence-corrected chi connectivity index (χ4v) is 7.69. The summed E-state index contributed by atoms with van der Waals surface area (Å²) in [6, 6.07) is 6.58. The molecule has 2 heterocycles. The first kappa shape index (κ1) is 19.0. The lowest BCUT2D eigenvalue weighted by molar-refractivity contribution is -0.124. The molecule has 6 aliphatic rings. The minimum absolute atomic E-state index is 0.204. The number of ether oxygens (including phenoxy) is 2. The third kappa shape index (κ3) is 3.49. The molecule has 5 nitrogen and oxygen atoms in total. The first-order chi connectivity index (χ1) is 14.7. The Kier molecular flexibility index (Phi) is 4.70. The highest BCUT2D eigenvalue weighted by Crippen LogP contribution is 2.59. The first-order valence-electron chi connectivity index (χ1n) is 12.1. The van der Waals surface area contributed by atoms with E-state index in [1.54, 1.807) is 0 Å². The third-order valence-corrected chi connectivity index (χ3v) is 8.49. The lowest BCUT2D eigenvalue weighted by Crippen LogP contribution is -2.52. The number of rotatable bonds is 5. The van der Waals surface area contributed by atoms with Gasteiger partial charge in [0.1, 0.15) is 13.2 Å². The van der Waals surface area contributed by atoms with Crippen LogP contribution < -0.4 is 14.8 Å². The second-order valence-corrected chi connectivity index (χ2v) is 10.7. The van der Waals surface area contributed by atoms with Gasteiger partial charge in [-0.2, -0.15) is 0 Å². The lowest BCUT2D eigenvalue weighted by atomic mass is 9.49. The van der Waals surface area contributed by atoms with Crippen molar-refractivity contribution in [3.63, 3.8) is 0 Å². The van der Waals surface area contributed by atoms with Gasteiger partial charge in [0.2, 0.25) is 5.91 Å². The molecule has 7 rings (SSSR count). The standard InChI is InChI=1S/C25H34N2O3/c28-24(26-16-25-12-17-8-18(13-25)10-19(9-17)14-25)15-27-5-1-2-21(27)20-3-4-22-23(11-20)30-7-6-29-22/h3-4,11,17-19,21H,1-2,5-10,12-16H2,(H,26,28)/t17?,18?,19?,21-,25?/m1/s1. The first-order valence-corrected chi connectivity index (χ1v) is 12.1. The van der Waals surface area contributed by atoms with Crippen LogP contribution in [0.2, 0.25) is 0 Å². The van der Waals surface area contributed by atoms with Crippen LogP contribution in [0.3, 0.4) is 0 Å².